The van der Waals surface area contributed by atoms with Crippen LogP contribution < -0.4 is 10.1 Å². The summed E-state index contributed by atoms with van der Waals surface area (Å²) in [6, 6.07) is 9.05. The van der Waals surface area contributed by atoms with Gasteiger partial charge in [-0.3, -0.25) is 9.78 Å². The van der Waals surface area contributed by atoms with E-state index >= 15 is 0 Å². The lowest BCUT2D eigenvalue weighted by molar-refractivity contribution is 0.102. The maximum Gasteiger partial charge on any atom is 0.255 e. The molecule has 1 aromatic heterocycles. The molecule has 0 bridgehead atoms. The van der Waals surface area contributed by atoms with E-state index < -0.39 is 0 Å². The second-order valence-corrected chi connectivity index (χ2v) is 5.29. The van der Waals surface area contributed by atoms with Gasteiger partial charge < -0.3 is 10.1 Å². The van der Waals surface area contributed by atoms with Crippen LogP contribution in [0.5, 0.6) is 5.75 Å². The molecule has 4 nitrogen and oxygen atoms in total. The predicted octanol–water partition coefficient (Wildman–Crippen LogP) is 3.74. The molecule has 0 aliphatic rings. The van der Waals surface area contributed by atoms with Crippen molar-refractivity contribution in [3.8, 4) is 5.75 Å². The van der Waals surface area contributed by atoms with E-state index in [0.29, 0.717) is 5.56 Å². The Bertz CT molecular complexity index is 651. The van der Waals surface area contributed by atoms with Gasteiger partial charge in [-0.15, -0.1) is 0 Å². The minimum absolute atomic E-state index is 0.114. The van der Waals surface area contributed by atoms with E-state index in [1.165, 1.54) is 0 Å². The molecule has 110 valence electrons. The third-order valence-electron chi connectivity index (χ3n) is 2.95. The summed E-state index contributed by atoms with van der Waals surface area (Å²) in [5.74, 6) is 0.668. The van der Waals surface area contributed by atoms with Gasteiger partial charge in [-0.2, -0.15) is 0 Å². The molecule has 0 unspecified atom stereocenters. The van der Waals surface area contributed by atoms with Crippen LogP contribution in [0.25, 0.3) is 0 Å². The fourth-order valence-electron chi connectivity index (χ4n) is 2.00. The maximum atomic E-state index is 12.2. The Morgan fingerprint density at radius 1 is 1.19 bits per heavy atom. The number of aryl methyl sites for hydroxylation is 2. The number of nitrogens with zero attached hydrogens (tertiary/aromatic N) is 1. The summed E-state index contributed by atoms with van der Waals surface area (Å²) in [5, 5.41) is 2.87. The lowest BCUT2D eigenvalue weighted by atomic mass is 10.1. The molecule has 1 aromatic carbocycles. The van der Waals surface area contributed by atoms with Gasteiger partial charge >= 0.3 is 0 Å². The molecule has 0 saturated heterocycles. The third-order valence-corrected chi connectivity index (χ3v) is 2.95. The van der Waals surface area contributed by atoms with Gasteiger partial charge in [-0.25, -0.2) is 0 Å². The first-order valence-corrected chi connectivity index (χ1v) is 6.97. The largest absolute Gasteiger partial charge is 0.491 e. The number of hydrogen-bond acceptors (Lipinski definition) is 3. The van der Waals surface area contributed by atoms with Crippen molar-refractivity contribution < 1.29 is 9.53 Å². The van der Waals surface area contributed by atoms with Crippen LogP contribution in [-0.4, -0.2) is 17.0 Å². The highest BCUT2D eigenvalue weighted by Crippen LogP contribution is 2.21. The maximum absolute atomic E-state index is 12.2. The van der Waals surface area contributed by atoms with E-state index in [9.17, 15) is 4.79 Å². The summed E-state index contributed by atoms with van der Waals surface area (Å²) >= 11 is 0. The molecule has 0 saturated carbocycles. The fourth-order valence-corrected chi connectivity index (χ4v) is 2.00. The van der Waals surface area contributed by atoms with Crippen LogP contribution in [0.2, 0.25) is 0 Å². The topological polar surface area (TPSA) is 51.2 Å². The van der Waals surface area contributed by atoms with Gasteiger partial charge in [0.25, 0.3) is 5.91 Å². The molecule has 0 spiro atoms. The number of benzene rings is 1. The number of hydrogen-bond donors (Lipinski definition) is 1. The van der Waals surface area contributed by atoms with Crippen molar-refractivity contribution in [1.29, 1.82) is 0 Å². The van der Waals surface area contributed by atoms with Crippen molar-refractivity contribution in [3.63, 3.8) is 0 Å². The van der Waals surface area contributed by atoms with E-state index in [2.05, 4.69) is 10.3 Å². The van der Waals surface area contributed by atoms with Crippen molar-refractivity contribution >= 4 is 11.6 Å². The Morgan fingerprint density at radius 3 is 2.57 bits per heavy atom. The Morgan fingerprint density at radius 2 is 1.95 bits per heavy atom. The number of amides is 1. The van der Waals surface area contributed by atoms with Crippen molar-refractivity contribution in [1.82, 2.24) is 4.98 Å². The Kier molecular flexibility index (Phi) is 4.58. The summed E-state index contributed by atoms with van der Waals surface area (Å²) in [6.07, 6.45) is 1.79. The number of ether oxygens (including phenoxy) is 1. The molecule has 0 fully saturated rings. The summed E-state index contributed by atoms with van der Waals surface area (Å²) in [6.45, 7) is 7.78. The molecule has 1 heterocycles. The number of pyridine rings is 1. The van der Waals surface area contributed by atoms with Crippen molar-refractivity contribution in [2.45, 2.75) is 33.8 Å². The zero-order chi connectivity index (χ0) is 15.4. The predicted molar refractivity (Wildman–Crippen MR) is 83.9 cm³/mol. The molecular weight excluding hydrogens is 264 g/mol. The van der Waals surface area contributed by atoms with Crippen LogP contribution in [0.15, 0.2) is 36.5 Å². The normalized spacial score (nSPS) is 10.5. The van der Waals surface area contributed by atoms with Crippen molar-refractivity contribution in [2.24, 2.45) is 0 Å². The number of carbonyl (C=O) groups is 1. The third kappa shape index (κ3) is 4.05. The van der Waals surface area contributed by atoms with Crippen LogP contribution in [0, 0.1) is 13.8 Å². The zero-order valence-corrected chi connectivity index (χ0v) is 12.8. The van der Waals surface area contributed by atoms with Crippen LogP contribution in [0.4, 0.5) is 5.69 Å². The molecule has 2 aromatic rings. The van der Waals surface area contributed by atoms with E-state index in [1.54, 1.807) is 18.3 Å². The minimum atomic E-state index is -0.139. The number of nitrogens with one attached hydrogen (secondary N) is 1. The molecular formula is C17H20N2O2. The Hall–Kier alpha value is -2.36. The number of anilines is 1. The second kappa shape index (κ2) is 6.39. The smallest absolute Gasteiger partial charge is 0.255 e. The van der Waals surface area contributed by atoms with E-state index in [0.717, 1.165) is 22.7 Å². The molecule has 0 aliphatic heterocycles. The Labute approximate surface area is 125 Å². The van der Waals surface area contributed by atoms with Crippen LogP contribution in [0.1, 0.15) is 35.5 Å². The highest BCUT2D eigenvalue weighted by atomic mass is 16.5. The van der Waals surface area contributed by atoms with Crippen molar-refractivity contribution in [3.05, 3.63) is 53.3 Å². The second-order valence-electron chi connectivity index (χ2n) is 5.29. The van der Waals surface area contributed by atoms with Gasteiger partial charge in [-0.1, -0.05) is 0 Å². The van der Waals surface area contributed by atoms with Gasteiger partial charge in [0.15, 0.2) is 0 Å². The average Bonchev–Trinajstić information content (AvgIpc) is 2.40. The van der Waals surface area contributed by atoms with Gasteiger partial charge in [0.2, 0.25) is 0 Å². The standard InChI is InChI=1S/C17H20N2O2/c1-11(2)21-16-6-5-14(9-12(16)3)17(20)19-15-7-8-18-13(4)10-15/h5-11H,1-4H3,(H,18,19,20). The highest BCUT2D eigenvalue weighted by Gasteiger charge is 2.09. The zero-order valence-electron chi connectivity index (χ0n) is 12.8. The highest BCUT2D eigenvalue weighted by molar-refractivity contribution is 6.04. The van der Waals surface area contributed by atoms with E-state index in [-0.39, 0.29) is 12.0 Å². The summed E-state index contributed by atoms with van der Waals surface area (Å²) in [4.78, 5) is 16.3. The Balaban J connectivity index is 2.14. The molecule has 21 heavy (non-hydrogen) atoms. The SMILES string of the molecule is Cc1cc(NC(=O)c2ccc(OC(C)C)c(C)c2)ccn1. The first-order valence-electron chi connectivity index (χ1n) is 6.97. The number of carbonyl (C=O) groups excluding carboxylic acids is 1. The lowest BCUT2D eigenvalue weighted by Gasteiger charge is -2.13. The van der Waals surface area contributed by atoms with Gasteiger partial charge in [0, 0.05) is 23.1 Å². The van der Waals surface area contributed by atoms with Gasteiger partial charge in [0.1, 0.15) is 5.75 Å². The molecule has 0 atom stereocenters. The summed E-state index contributed by atoms with van der Waals surface area (Å²) in [5.41, 5.74) is 3.16. The average molecular weight is 284 g/mol. The van der Waals surface area contributed by atoms with Crippen LogP contribution in [-0.2, 0) is 0 Å². The lowest BCUT2D eigenvalue weighted by Crippen LogP contribution is -2.13. The quantitative estimate of drug-likeness (QED) is 0.930. The van der Waals surface area contributed by atoms with Gasteiger partial charge in [0.05, 0.1) is 6.10 Å². The van der Waals surface area contributed by atoms with E-state index in [4.69, 9.17) is 4.74 Å². The first kappa shape index (κ1) is 15.0. The molecule has 4 heteroatoms. The molecule has 0 radical (unpaired) electrons. The summed E-state index contributed by atoms with van der Waals surface area (Å²) in [7, 11) is 0. The van der Waals surface area contributed by atoms with Crippen LogP contribution in [0.3, 0.4) is 0 Å². The fraction of sp³-hybridized carbons (Fsp3) is 0.294. The van der Waals surface area contributed by atoms with Crippen LogP contribution >= 0.6 is 0 Å². The number of rotatable bonds is 4. The number of aromatic nitrogens is 1. The molecule has 2 rings (SSSR count). The molecule has 1 N–H and O–H groups in total. The minimum Gasteiger partial charge on any atom is -0.491 e. The first-order chi connectivity index (χ1) is 9.95. The molecule has 1 amide bonds. The van der Waals surface area contributed by atoms with Crippen molar-refractivity contribution in [2.75, 3.05) is 5.32 Å². The monoisotopic (exact) mass is 284 g/mol. The van der Waals surface area contributed by atoms with Gasteiger partial charge in [-0.05, 0) is 63.6 Å². The summed E-state index contributed by atoms with van der Waals surface area (Å²) < 4.78 is 5.67. The van der Waals surface area contributed by atoms with E-state index in [1.807, 2.05) is 45.9 Å². The molecule has 0 aliphatic carbocycles.